The van der Waals surface area contributed by atoms with Crippen LogP contribution in [0.25, 0.3) is 0 Å². The maximum absolute atomic E-state index is 12.2. The first-order valence-electron chi connectivity index (χ1n) is 5.51. The van der Waals surface area contributed by atoms with Crippen LogP contribution in [0, 0.1) is 0 Å². The Balaban J connectivity index is 2.05. The van der Waals surface area contributed by atoms with E-state index in [4.69, 9.17) is 16.3 Å². The predicted molar refractivity (Wildman–Crippen MR) is 71.5 cm³/mol. The zero-order valence-corrected chi connectivity index (χ0v) is 11.6. The van der Waals surface area contributed by atoms with Crippen LogP contribution in [0.5, 0.6) is 5.75 Å². The topological polar surface area (TPSA) is 35.5 Å². The van der Waals surface area contributed by atoms with Crippen molar-refractivity contribution in [2.75, 3.05) is 0 Å². The van der Waals surface area contributed by atoms with Crippen LogP contribution in [-0.4, -0.2) is 12.6 Å². The number of alkyl halides is 2. The van der Waals surface area contributed by atoms with Gasteiger partial charge in [0.25, 0.3) is 0 Å². The highest BCUT2D eigenvalue weighted by molar-refractivity contribution is 7.16. The molecule has 0 aliphatic carbocycles. The predicted octanol–water partition coefficient (Wildman–Crippen LogP) is 4.36. The molecule has 1 heterocycles. The van der Waals surface area contributed by atoms with Gasteiger partial charge in [0.2, 0.25) is 0 Å². The molecule has 20 heavy (non-hydrogen) atoms. The number of halogens is 3. The zero-order valence-electron chi connectivity index (χ0n) is 10.0. The molecule has 0 amide bonds. The van der Waals surface area contributed by atoms with Gasteiger partial charge < -0.3 is 9.47 Å². The maximum Gasteiger partial charge on any atom is 0.387 e. The van der Waals surface area contributed by atoms with Gasteiger partial charge in [-0.25, -0.2) is 4.79 Å². The van der Waals surface area contributed by atoms with E-state index in [1.165, 1.54) is 35.6 Å². The van der Waals surface area contributed by atoms with E-state index in [0.29, 0.717) is 4.34 Å². The standard InChI is InChI=1S/C13H9ClF2O3S/c14-11-6-5-8(20-11)7-18-12(17)9-3-1-2-4-10(9)19-13(15)16/h1-6,13H,7H2. The van der Waals surface area contributed by atoms with E-state index < -0.39 is 12.6 Å². The number of para-hydroxylation sites is 1. The van der Waals surface area contributed by atoms with Crippen molar-refractivity contribution in [3.8, 4) is 5.75 Å². The second kappa shape index (κ2) is 6.67. The second-order valence-corrected chi connectivity index (χ2v) is 5.46. The Morgan fingerprint density at radius 1 is 1.25 bits per heavy atom. The highest BCUT2D eigenvalue weighted by Gasteiger charge is 2.16. The summed E-state index contributed by atoms with van der Waals surface area (Å²) in [4.78, 5) is 12.6. The second-order valence-electron chi connectivity index (χ2n) is 3.66. The van der Waals surface area contributed by atoms with Crippen LogP contribution in [0.2, 0.25) is 4.34 Å². The van der Waals surface area contributed by atoms with Gasteiger partial charge >= 0.3 is 12.6 Å². The smallest absolute Gasteiger partial charge is 0.387 e. The fourth-order valence-corrected chi connectivity index (χ4v) is 2.48. The van der Waals surface area contributed by atoms with E-state index in [-0.39, 0.29) is 17.9 Å². The van der Waals surface area contributed by atoms with Gasteiger partial charge in [-0.3, -0.25) is 0 Å². The highest BCUT2D eigenvalue weighted by Crippen LogP contribution is 2.24. The van der Waals surface area contributed by atoms with Crippen molar-refractivity contribution in [1.82, 2.24) is 0 Å². The van der Waals surface area contributed by atoms with E-state index in [1.807, 2.05) is 0 Å². The molecule has 1 aromatic heterocycles. The summed E-state index contributed by atoms with van der Waals surface area (Å²) >= 11 is 7.03. The number of carbonyl (C=O) groups is 1. The number of esters is 1. The van der Waals surface area contributed by atoms with Gasteiger partial charge in [0.1, 0.15) is 17.9 Å². The molecule has 0 radical (unpaired) electrons. The fraction of sp³-hybridized carbons (Fsp3) is 0.154. The number of thiophene rings is 1. The van der Waals surface area contributed by atoms with E-state index in [1.54, 1.807) is 12.1 Å². The quantitative estimate of drug-likeness (QED) is 0.768. The van der Waals surface area contributed by atoms with Gasteiger partial charge in [0.15, 0.2) is 0 Å². The fourth-order valence-electron chi connectivity index (χ4n) is 1.48. The highest BCUT2D eigenvalue weighted by atomic mass is 35.5. The van der Waals surface area contributed by atoms with Crippen LogP contribution >= 0.6 is 22.9 Å². The van der Waals surface area contributed by atoms with Crippen molar-refractivity contribution in [3.05, 3.63) is 51.2 Å². The van der Waals surface area contributed by atoms with Crippen molar-refractivity contribution >= 4 is 28.9 Å². The van der Waals surface area contributed by atoms with E-state index in [9.17, 15) is 13.6 Å². The summed E-state index contributed by atoms with van der Waals surface area (Å²) in [5.74, 6) is -0.942. The number of rotatable bonds is 5. The Labute approximate surface area is 122 Å². The molecule has 0 bridgehead atoms. The third-order valence-corrected chi connectivity index (χ3v) is 3.50. The summed E-state index contributed by atoms with van der Waals surface area (Å²) in [6, 6.07) is 9.09. The molecule has 0 spiro atoms. The molecule has 0 saturated carbocycles. The Morgan fingerprint density at radius 3 is 2.65 bits per heavy atom. The number of benzene rings is 1. The molecule has 0 saturated heterocycles. The van der Waals surface area contributed by atoms with Crippen LogP contribution in [-0.2, 0) is 11.3 Å². The van der Waals surface area contributed by atoms with E-state index in [2.05, 4.69) is 4.74 Å². The van der Waals surface area contributed by atoms with E-state index >= 15 is 0 Å². The summed E-state index contributed by atoms with van der Waals surface area (Å²) < 4.78 is 34.3. The zero-order chi connectivity index (χ0) is 14.5. The summed E-state index contributed by atoms with van der Waals surface area (Å²) in [7, 11) is 0. The summed E-state index contributed by atoms with van der Waals surface area (Å²) in [5.41, 5.74) is -0.0459. The molecule has 0 atom stereocenters. The molecule has 0 N–H and O–H groups in total. The van der Waals surface area contributed by atoms with Gasteiger partial charge in [-0.1, -0.05) is 23.7 Å². The average Bonchev–Trinajstić information content (AvgIpc) is 2.82. The molecule has 1 aromatic carbocycles. The lowest BCUT2D eigenvalue weighted by Gasteiger charge is -2.09. The Hall–Kier alpha value is -1.66. The maximum atomic E-state index is 12.2. The van der Waals surface area contributed by atoms with Crippen molar-refractivity contribution in [2.24, 2.45) is 0 Å². The average molecular weight is 319 g/mol. The lowest BCUT2D eigenvalue weighted by molar-refractivity contribution is -0.0504. The number of carbonyl (C=O) groups excluding carboxylic acids is 1. The molecule has 0 aliphatic heterocycles. The Kier molecular flexibility index (Phi) is 4.92. The molecular formula is C13H9ClF2O3S. The Bertz CT molecular complexity index is 601. The van der Waals surface area contributed by atoms with Gasteiger partial charge in [-0.05, 0) is 24.3 Å². The minimum atomic E-state index is -3.00. The van der Waals surface area contributed by atoms with Crippen LogP contribution in [0.3, 0.4) is 0 Å². The van der Waals surface area contributed by atoms with Crippen molar-refractivity contribution in [1.29, 1.82) is 0 Å². The lowest BCUT2D eigenvalue weighted by Crippen LogP contribution is -2.10. The number of hydrogen-bond acceptors (Lipinski definition) is 4. The molecule has 0 aliphatic rings. The minimum Gasteiger partial charge on any atom is -0.456 e. The van der Waals surface area contributed by atoms with Crippen LogP contribution in [0.4, 0.5) is 8.78 Å². The molecular weight excluding hydrogens is 310 g/mol. The van der Waals surface area contributed by atoms with Gasteiger partial charge in [-0.2, -0.15) is 8.78 Å². The summed E-state index contributed by atoms with van der Waals surface area (Å²) in [6.45, 7) is -2.97. The molecule has 106 valence electrons. The molecule has 0 fully saturated rings. The molecule has 2 aromatic rings. The monoisotopic (exact) mass is 318 g/mol. The third-order valence-electron chi connectivity index (χ3n) is 2.30. The minimum absolute atomic E-state index is 0.0270. The van der Waals surface area contributed by atoms with Crippen LogP contribution in [0.1, 0.15) is 15.2 Å². The summed E-state index contributed by atoms with van der Waals surface area (Å²) in [6.07, 6.45) is 0. The van der Waals surface area contributed by atoms with Crippen LogP contribution < -0.4 is 4.74 Å². The van der Waals surface area contributed by atoms with Gasteiger partial charge in [0.05, 0.1) is 4.34 Å². The van der Waals surface area contributed by atoms with Crippen LogP contribution in [0.15, 0.2) is 36.4 Å². The first-order chi connectivity index (χ1) is 9.56. The molecule has 0 unspecified atom stereocenters. The number of ether oxygens (including phenoxy) is 2. The normalized spacial score (nSPS) is 10.6. The third kappa shape index (κ3) is 3.91. The number of hydrogen-bond donors (Lipinski definition) is 0. The molecule has 3 nitrogen and oxygen atoms in total. The first kappa shape index (κ1) is 14.7. The lowest BCUT2D eigenvalue weighted by atomic mass is 10.2. The largest absolute Gasteiger partial charge is 0.456 e. The van der Waals surface area contributed by atoms with Gasteiger partial charge in [-0.15, -0.1) is 11.3 Å². The van der Waals surface area contributed by atoms with Crippen molar-refractivity contribution < 1.29 is 23.0 Å². The van der Waals surface area contributed by atoms with Crippen molar-refractivity contribution in [2.45, 2.75) is 13.2 Å². The first-order valence-corrected chi connectivity index (χ1v) is 6.71. The van der Waals surface area contributed by atoms with Crippen molar-refractivity contribution in [3.63, 3.8) is 0 Å². The molecule has 7 heteroatoms. The SMILES string of the molecule is O=C(OCc1ccc(Cl)s1)c1ccccc1OC(F)F. The Morgan fingerprint density at radius 2 is 2.00 bits per heavy atom. The van der Waals surface area contributed by atoms with E-state index in [0.717, 1.165) is 4.88 Å². The summed E-state index contributed by atoms with van der Waals surface area (Å²) in [5, 5.41) is 0. The van der Waals surface area contributed by atoms with Gasteiger partial charge in [0, 0.05) is 4.88 Å². The molecule has 2 rings (SSSR count).